The highest BCUT2D eigenvalue weighted by atomic mass is 19.1. The molecule has 2 heterocycles. The third-order valence-corrected chi connectivity index (χ3v) is 7.10. The summed E-state index contributed by atoms with van der Waals surface area (Å²) in [4.78, 5) is 15.4. The summed E-state index contributed by atoms with van der Waals surface area (Å²) in [5, 5.41) is 7.69. The molecular formula is C26H29FN4O. The van der Waals surface area contributed by atoms with E-state index in [4.69, 9.17) is 0 Å². The van der Waals surface area contributed by atoms with Crippen molar-refractivity contribution in [3.63, 3.8) is 0 Å². The Morgan fingerprint density at radius 1 is 1.12 bits per heavy atom. The van der Waals surface area contributed by atoms with E-state index in [2.05, 4.69) is 15.3 Å². The topological polar surface area (TPSA) is 50.2 Å². The van der Waals surface area contributed by atoms with Crippen molar-refractivity contribution < 1.29 is 9.18 Å². The Labute approximate surface area is 188 Å². The molecule has 2 aromatic carbocycles. The quantitative estimate of drug-likeness (QED) is 0.637. The molecule has 5 nitrogen and oxygen atoms in total. The molecule has 2 aliphatic rings. The van der Waals surface area contributed by atoms with Crippen molar-refractivity contribution >= 4 is 5.91 Å². The molecule has 0 spiro atoms. The maximum Gasteiger partial charge on any atom is 0.227 e. The maximum atomic E-state index is 14.0. The van der Waals surface area contributed by atoms with Crippen LogP contribution in [0, 0.1) is 17.7 Å². The third kappa shape index (κ3) is 4.19. The molecule has 1 aromatic heterocycles. The number of likely N-dealkylation sites (tertiary alicyclic amines) is 1. The lowest BCUT2D eigenvalue weighted by Gasteiger charge is -2.39. The van der Waals surface area contributed by atoms with Gasteiger partial charge in [0.2, 0.25) is 5.91 Å². The largest absolute Gasteiger partial charge is 0.352 e. The van der Waals surface area contributed by atoms with Gasteiger partial charge in [0.15, 0.2) is 0 Å². The molecule has 1 saturated carbocycles. The highest BCUT2D eigenvalue weighted by Crippen LogP contribution is 2.38. The number of hydrogen-bond donors (Lipinski definition) is 1. The zero-order valence-corrected chi connectivity index (χ0v) is 18.3. The zero-order valence-electron chi connectivity index (χ0n) is 18.3. The first kappa shape index (κ1) is 20.9. The number of nitrogens with zero attached hydrogens (tertiary/aromatic N) is 3. The van der Waals surface area contributed by atoms with Crippen LogP contribution in [0.4, 0.5) is 4.39 Å². The molecule has 2 unspecified atom stereocenters. The fourth-order valence-corrected chi connectivity index (χ4v) is 5.42. The van der Waals surface area contributed by atoms with E-state index < -0.39 is 0 Å². The van der Waals surface area contributed by atoms with Crippen molar-refractivity contribution in [3.05, 3.63) is 83.9 Å². The van der Waals surface area contributed by atoms with Crippen molar-refractivity contribution in [1.29, 1.82) is 0 Å². The first-order valence-electron chi connectivity index (χ1n) is 11.4. The number of halogens is 1. The Morgan fingerprint density at radius 2 is 1.88 bits per heavy atom. The molecule has 4 atom stereocenters. The van der Waals surface area contributed by atoms with Crippen LogP contribution >= 0.6 is 0 Å². The summed E-state index contributed by atoms with van der Waals surface area (Å²) in [5.74, 6) is 0.593. The first-order valence-corrected chi connectivity index (χ1v) is 11.4. The molecule has 1 aliphatic carbocycles. The van der Waals surface area contributed by atoms with Gasteiger partial charge in [0.05, 0.1) is 11.6 Å². The van der Waals surface area contributed by atoms with Gasteiger partial charge in [0, 0.05) is 38.1 Å². The predicted octanol–water partition coefficient (Wildman–Crippen LogP) is 4.14. The first-order chi connectivity index (χ1) is 15.6. The number of aromatic nitrogens is 2. The summed E-state index contributed by atoms with van der Waals surface area (Å²) in [6.07, 6.45) is 5.87. The van der Waals surface area contributed by atoms with E-state index in [-0.39, 0.29) is 23.7 Å². The molecule has 3 aromatic rings. The molecular weight excluding hydrogens is 403 g/mol. The molecule has 2 fully saturated rings. The van der Waals surface area contributed by atoms with Crippen molar-refractivity contribution in [2.75, 3.05) is 13.1 Å². The summed E-state index contributed by atoms with van der Waals surface area (Å²) in [6.45, 7) is 4.48. The number of nitrogens with one attached hydrogen (secondary N) is 1. The van der Waals surface area contributed by atoms with E-state index in [0.29, 0.717) is 18.4 Å². The summed E-state index contributed by atoms with van der Waals surface area (Å²) < 4.78 is 15.8. The SMILES string of the molecule is CC(C(=O)NC1[C@@H]2CC[C@H]1CN(Cc1cc(F)ccc1-n1cccn1)C2)c1ccccc1. The van der Waals surface area contributed by atoms with E-state index in [0.717, 1.165) is 42.7 Å². The van der Waals surface area contributed by atoms with Gasteiger partial charge in [-0.05, 0) is 67.0 Å². The van der Waals surface area contributed by atoms with Crippen LogP contribution in [0.15, 0.2) is 67.0 Å². The number of carbonyl (C=O) groups excluding carboxylic acids is 1. The predicted molar refractivity (Wildman–Crippen MR) is 122 cm³/mol. The maximum absolute atomic E-state index is 14.0. The van der Waals surface area contributed by atoms with Gasteiger partial charge < -0.3 is 5.32 Å². The number of hydrogen-bond acceptors (Lipinski definition) is 3. The molecule has 0 radical (unpaired) electrons. The van der Waals surface area contributed by atoms with Gasteiger partial charge in [0.1, 0.15) is 5.82 Å². The second-order valence-corrected chi connectivity index (χ2v) is 9.18. The van der Waals surface area contributed by atoms with Crippen LogP contribution < -0.4 is 5.32 Å². The summed E-state index contributed by atoms with van der Waals surface area (Å²) in [5.41, 5.74) is 2.90. The smallest absolute Gasteiger partial charge is 0.227 e. The van der Waals surface area contributed by atoms with Crippen molar-refractivity contribution in [2.24, 2.45) is 11.8 Å². The molecule has 1 aliphatic heterocycles. The fraction of sp³-hybridized carbons (Fsp3) is 0.385. The number of fused-ring (bicyclic) bond motifs is 2. The standard InChI is InChI=1S/C26H29FN4O/c1-18(19-6-3-2-4-7-19)26(32)29-25-20-8-9-21(25)16-30(15-20)17-22-14-23(27)10-11-24(22)31-13-5-12-28-31/h2-7,10-14,18,20-21,25H,8-9,15-17H2,1H3,(H,29,32)/t18?,20-,21+,25?. The summed E-state index contributed by atoms with van der Waals surface area (Å²) >= 11 is 0. The van der Waals surface area contributed by atoms with Gasteiger partial charge in [0.25, 0.3) is 0 Å². The van der Waals surface area contributed by atoms with Crippen LogP contribution in [-0.4, -0.2) is 39.7 Å². The van der Waals surface area contributed by atoms with Gasteiger partial charge in [-0.15, -0.1) is 0 Å². The van der Waals surface area contributed by atoms with Crippen LogP contribution in [0.5, 0.6) is 0 Å². The van der Waals surface area contributed by atoms with Crippen molar-refractivity contribution in [1.82, 2.24) is 20.0 Å². The van der Waals surface area contributed by atoms with Crippen LogP contribution in [-0.2, 0) is 11.3 Å². The minimum Gasteiger partial charge on any atom is -0.352 e. The molecule has 5 rings (SSSR count). The zero-order chi connectivity index (χ0) is 22.1. The lowest BCUT2D eigenvalue weighted by atomic mass is 9.90. The van der Waals surface area contributed by atoms with Crippen molar-refractivity contribution in [3.8, 4) is 5.69 Å². The molecule has 1 N–H and O–H groups in total. The average molecular weight is 433 g/mol. The molecule has 166 valence electrons. The second-order valence-electron chi connectivity index (χ2n) is 9.18. The monoisotopic (exact) mass is 432 g/mol. The normalized spacial score (nSPS) is 23.8. The van der Waals surface area contributed by atoms with Crippen LogP contribution in [0.25, 0.3) is 5.69 Å². The number of piperidine rings is 1. The van der Waals surface area contributed by atoms with Crippen LogP contribution in [0.2, 0.25) is 0 Å². The molecule has 6 heteroatoms. The van der Waals surface area contributed by atoms with E-state index in [1.165, 1.54) is 6.07 Å². The Balaban J connectivity index is 1.26. The van der Waals surface area contributed by atoms with Gasteiger partial charge in [-0.25, -0.2) is 9.07 Å². The van der Waals surface area contributed by atoms with Gasteiger partial charge >= 0.3 is 0 Å². The van der Waals surface area contributed by atoms with Crippen LogP contribution in [0.1, 0.15) is 36.8 Å². The van der Waals surface area contributed by atoms with E-state index >= 15 is 0 Å². The number of carbonyl (C=O) groups is 1. The van der Waals surface area contributed by atoms with E-state index in [1.807, 2.05) is 49.5 Å². The molecule has 2 bridgehead atoms. The minimum atomic E-state index is -0.226. The lowest BCUT2D eigenvalue weighted by molar-refractivity contribution is -0.123. The third-order valence-electron chi connectivity index (χ3n) is 7.10. The Bertz CT molecular complexity index is 1050. The minimum absolute atomic E-state index is 0.109. The Kier molecular flexibility index (Phi) is 5.79. The van der Waals surface area contributed by atoms with E-state index in [9.17, 15) is 9.18 Å². The molecule has 1 amide bonds. The Morgan fingerprint density at radius 3 is 2.56 bits per heavy atom. The van der Waals surface area contributed by atoms with Gasteiger partial charge in [-0.1, -0.05) is 30.3 Å². The number of amides is 1. The van der Waals surface area contributed by atoms with E-state index in [1.54, 1.807) is 23.0 Å². The Hall–Kier alpha value is -2.99. The highest BCUT2D eigenvalue weighted by Gasteiger charge is 2.43. The van der Waals surface area contributed by atoms with Crippen molar-refractivity contribution in [2.45, 2.75) is 38.3 Å². The summed E-state index contributed by atoms with van der Waals surface area (Å²) in [6, 6.07) is 16.9. The van der Waals surface area contributed by atoms with Gasteiger partial charge in [-0.3, -0.25) is 9.69 Å². The molecule has 32 heavy (non-hydrogen) atoms. The van der Waals surface area contributed by atoms with Crippen LogP contribution in [0.3, 0.4) is 0 Å². The lowest BCUT2D eigenvalue weighted by Crippen LogP contribution is -2.53. The average Bonchev–Trinajstić information content (AvgIpc) is 3.40. The molecule has 1 saturated heterocycles. The second kappa shape index (κ2) is 8.87. The highest BCUT2D eigenvalue weighted by molar-refractivity contribution is 5.83. The summed E-state index contributed by atoms with van der Waals surface area (Å²) in [7, 11) is 0. The number of benzene rings is 2. The van der Waals surface area contributed by atoms with Gasteiger partial charge in [-0.2, -0.15) is 5.10 Å². The fourth-order valence-electron chi connectivity index (χ4n) is 5.42. The number of rotatable bonds is 6.